The smallest absolute Gasteiger partial charge is 0.0159 e. The second-order valence-electron chi connectivity index (χ2n) is 14.9. The van der Waals surface area contributed by atoms with Crippen LogP contribution < -0.4 is 0 Å². The Hall–Kier alpha value is -5.46. The molecule has 0 bridgehead atoms. The highest BCUT2D eigenvalue weighted by molar-refractivity contribution is 6.22. The van der Waals surface area contributed by atoms with E-state index in [0.717, 1.165) is 0 Å². The quantitative estimate of drug-likeness (QED) is 0.170. The van der Waals surface area contributed by atoms with Crippen LogP contribution >= 0.6 is 0 Å². The van der Waals surface area contributed by atoms with Crippen molar-refractivity contribution in [1.29, 1.82) is 0 Å². The van der Waals surface area contributed by atoms with Gasteiger partial charge in [0.25, 0.3) is 0 Å². The van der Waals surface area contributed by atoms with Crippen molar-refractivity contribution in [2.45, 2.75) is 38.5 Å². The second-order valence-corrected chi connectivity index (χ2v) is 14.9. The van der Waals surface area contributed by atoms with Crippen LogP contribution in [-0.4, -0.2) is 0 Å². The summed E-state index contributed by atoms with van der Waals surface area (Å²) in [6.45, 7) is 9.68. The summed E-state index contributed by atoms with van der Waals surface area (Å²) in [5.74, 6) is 0. The Kier molecular flexibility index (Phi) is 5.50. The molecule has 228 valence electrons. The summed E-state index contributed by atoms with van der Waals surface area (Å²) in [6, 6.07) is 54.7. The summed E-state index contributed by atoms with van der Waals surface area (Å²) in [7, 11) is 0. The van der Waals surface area contributed by atoms with Crippen molar-refractivity contribution in [3.05, 3.63) is 168 Å². The minimum absolute atomic E-state index is 0.0840. The average molecular weight is 613 g/mol. The van der Waals surface area contributed by atoms with Crippen molar-refractivity contribution in [3.8, 4) is 44.5 Å². The summed E-state index contributed by atoms with van der Waals surface area (Å²) < 4.78 is 0. The molecule has 0 atom stereocenters. The first-order valence-corrected chi connectivity index (χ1v) is 17.2. The topological polar surface area (TPSA) is 0 Å². The van der Waals surface area contributed by atoms with E-state index in [1.807, 2.05) is 0 Å². The molecule has 0 fully saturated rings. The van der Waals surface area contributed by atoms with Gasteiger partial charge in [0, 0.05) is 10.8 Å². The summed E-state index contributed by atoms with van der Waals surface area (Å²) >= 11 is 0. The Bertz CT molecular complexity index is 2640. The van der Waals surface area contributed by atoms with Gasteiger partial charge in [-0.1, -0.05) is 149 Å². The van der Waals surface area contributed by atoms with Crippen LogP contribution in [-0.2, 0) is 10.8 Å². The van der Waals surface area contributed by atoms with E-state index < -0.39 is 0 Å². The molecule has 8 aromatic carbocycles. The van der Waals surface area contributed by atoms with Crippen LogP contribution in [0.15, 0.2) is 146 Å². The molecular formula is C48H36. The maximum Gasteiger partial charge on any atom is 0.0159 e. The molecule has 2 aliphatic carbocycles. The van der Waals surface area contributed by atoms with Crippen molar-refractivity contribution in [1.82, 2.24) is 0 Å². The molecule has 0 saturated heterocycles. The van der Waals surface area contributed by atoms with Crippen LogP contribution in [0.5, 0.6) is 0 Å². The second kappa shape index (κ2) is 9.55. The molecule has 0 aromatic heterocycles. The van der Waals surface area contributed by atoms with E-state index in [9.17, 15) is 0 Å². The molecule has 0 nitrogen and oxygen atoms in total. The highest BCUT2D eigenvalue weighted by Crippen LogP contribution is 2.58. The van der Waals surface area contributed by atoms with Gasteiger partial charge in [0.1, 0.15) is 0 Å². The van der Waals surface area contributed by atoms with Crippen molar-refractivity contribution < 1.29 is 0 Å². The summed E-state index contributed by atoms with van der Waals surface area (Å²) in [4.78, 5) is 0. The Labute approximate surface area is 282 Å². The Morgan fingerprint density at radius 1 is 0.312 bits per heavy atom. The molecule has 0 N–H and O–H groups in total. The lowest BCUT2D eigenvalue weighted by Gasteiger charge is -2.25. The largest absolute Gasteiger partial charge is 0.0622 e. The van der Waals surface area contributed by atoms with E-state index in [2.05, 4.69) is 173 Å². The molecule has 0 radical (unpaired) electrons. The zero-order chi connectivity index (χ0) is 32.4. The van der Waals surface area contributed by atoms with E-state index in [1.165, 1.54) is 99.1 Å². The fourth-order valence-electron chi connectivity index (χ4n) is 9.23. The number of benzene rings is 8. The lowest BCUT2D eigenvalue weighted by molar-refractivity contribution is 0.652. The zero-order valence-electron chi connectivity index (χ0n) is 27.9. The number of hydrogen-bond donors (Lipinski definition) is 0. The van der Waals surface area contributed by atoms with E-state index in [4.69, 9.17) is 0 Å². The predicted octanol–water partition coefficient (Wildman–Crippen LogP) is 13.1. The predicted molar refractivity (Wildman–Crippen MR) is 205 cm³/mol. The first-order valence-electron chi connectivity index (χ1n) is 17.2. The Morgan fingerprint density at radius 3 is 1.42 bits per heavy atom. The molecule has 0 amide bonds. The number of rotatable bonds is 2. The van der Waals surface area contributed by atoms with Crippen molar-refractivity contribution in [2.24, 2.45) is 0 Å². The number of hydrogen-bond acceptors (Lipinski definition) is 0. The van der Waals surface area contributed by atoms with Crippen molar-refractivity contribution >= 4 is 32.3 Å². The van der Waals surface area contributed by atoms with E-state index >= 15 is 0 Å². The van der Waals surface area contributed by atoms with Crippen molar-refractivity contribution in [2.75, 3.05) is 0 Å². The monoisotopic (exact) mass is 612 g/mol. The maximum atomic E-state index is 2.56. The molecule has 0 unspecified atom stereocenters. The standard InChI is InChI=1S/C48H36/c1-47(2)40-24-23-29-15-11-12-20-32(29)46(40)39-28-42-36(26-43(39)47)35-25-37-38(27-41(35)48(42,3)4)45(31-18-9-6-10-19-31)34-22-14-13-21-33(34)44(37)30-16-7-5-8-17-30/h5-28H,1-4H3. The Balaban J connectivity index is 1.33. The summed E-state index contributed by atoms with van der Waals surface area (Å²) in [6.07, 6.45) is 0. The van der Waals surface area contributed by atoms with Gasteiger partial charge >= 0.3 is 0 Å². The van der Waals surface area contributed by atoms with Gasteiger partial charge in [-0.3, -0.25) is 0 Å². The molecule has 48 heavy (non-hydrogen) atoms. The molecule has 0 aliphatic heterocycles. The fourth-order valence-corrected chi connectivity index (χ4v) is 9.23. The molecule has 0 heterocycles. The minimum atomic E-state index is -0.155. The highest BCUT2D eigenvalue weighted by atomic mass is 14.5. The first kappa shape index (κ1) is 27.6. The molecule has 0 spiro atoms. The molecule has 0 saturated carbocycles. The lowest BCUT2D eigenvalue weighted by atomic mass is 9.78. The lowest BCUT2D eigenvalue weighted by Crippen LogP contribution is -2.17. The highest BCUT2D eigenvalue weighted by Gasteiger charge is 2.42. The molecule has 0 heteroatoms. The normalized spacial score (nSPS) is 15.0. The number of fused-ring (bicyclic) bond motifs is 10. The fraction of sp³-hybridized carbons (Fsp3) is 0.125. The van der Waals surface area contributed by atoms with Crippen LogP contribution in [0.25, 0.3) is 76.8 Å². The average Bonchev–Trinajstić information content (AvgIpc) is 3.48. The SMILES string of the molecule is CC1(C)c2cc3c(cc2-c2cc4c(-c5ccccc5)c5ccccc5c(-c5ccccc5)c4cc21)C(C)(C)c1ccc2ccccc2c1-3. The van der Waals surface area contributed by atoms with Crippen LogP contribution in [0.2, 0.25) is 0 Å². The summed E-state index contributed by atoms with van der Waals surface area (Å²) in [5.41, 5.74) is 16.2. The third kappa shape index (κ3) is 3.55. The Morgan fingerprint density at radius 2 is 0.771 bits per heavy atom. The van der Waals surface area contributed by atoms with Gasteiger partial charge in [0.15, 0.2) is 0 Å². The van der Waals surface area contributed by atoms with Gasteiger partial charge in [0.05, 0.1) is 0 Å². The zero-order valence-corrected chi connectivity index (χ0v) is 27.9. The third-order valence-corrected chi connectivity index (χ3v) is 11.6. The van der Waals surface area contributed by atoms with Gasteiger partial charge in [0.2, 0.25) is 0 Å². The van der Waals surface area contributed by atoms with Gasteiger partial charge in [-0.15, -0.1) is 0 Å². The van der Waals surface area contributed by atoms with Crippen LogP contribution in [0, 0.1) is 0 Å². The van der Waals surface area contributed by atoms with Crippen molar-refractivity contribution in [3.63, 3.8) is 0 Å². The van der Waals surface area contributed by atoms with Crippen LogP contribution in [0.3, 0.4) is 0 Å². The van der Waals surface area contributed by atoms with E-state index in [1.54, 1.807) is 0 Å². The van der Waals surface area contributed by atoms with Gasteiger partial charge in [-0.05, 0) is 123 Å². The minimum Gasteiger partial charge on any atom is -0.0622 e. The molecule has 8 aromatic rings. The first-order chi connectivity index (χ1) is 23.3. The summed E-state index contributed by atoms with van der Waals surface area (Å²) in [5, 5.41) is 7.89. The molecular weight excluding hydrogens is 577 g/mol. The van der Waals surface area contributed by atoms with Crippen LogP contribution in [0.4, 0.5) is 0 Å². The third-order valence-electron chi connectivity index (χ3n) is 11.6. The maximum absolute atomic E-state index is 2.56. The molecule has 2 aliphatic rings. The van der Waals surface area contributed by atoms with Crippen LogP contribution in [0.1, 0.15) is 49.9 Å². The van der Waals surface area contributed by atoms with Gasteiger partial charge < -0.3 is 0 Å². The van der Waals surface area contributed by atoms with E-state index in [0.29, 0.717) is 0 Å². The van der Waals surface area contributed by atoms with Gasteiger partial charge in [-0.2, -0.15) is 0 Å². The molecule has 10 rings (SSSR count). The van der Waals surface area contributed by atoms with Gasteiger partial charge in [-0.25, -0.2) is 0 Å². The van der Waals surface area contributed by atoms with E-state index in [-0.39, 0.29) is 10.8 Å².